The molecule has 0 saturated heterocycles. The fraction of sp³-hybridized carbons (Fsp3) is 0.167. The van der Waals surface area contributed by atoms with E-state index in [0.29, 0.717) is 12.1 Å². The number of hydrogen-bond donors (Lipinski definition) is 3. The Hall–Kier alpha value is -2.14. The van der Waals surface area contributed by atoms with E-state index in [-0.39, 0.29) is 11.8 Å². The van der Waals surface area contributed by atoms with E-state index in [2.05, 4.69) is 10.7 Å². The second kappa shape index (κ2) is 6.44. The Morgan fingerprint density at radius 3 is 2.47 bits per heavy atom. The highest BCUT2D eigenvalue weighted by Gasteiger charge is 2.00. The minimum Gasteiger partial charge on any atom is -0.353 e. The van der Waals surface area contributed by atoms with E-state index >= 15 is 0 Å². The Morgan fingerprint density at radius 2 is 1.94 bits per heavy atom. The van der Waals surface area contributed by atoms with E-state index in [4.69, 9.17) is 5.84 Å². The molecule has 17 heavy (non-hydrogen) atoms. The molecule has 0 fully saturated rings. The quantitative estimate of drug-likeness (QED) is 0.401. The Morgan fingerprint density at radius 1 is 1.29 bits per heavy atom. The molecule has 0 saturated carbocycles. The third-order valence-corrected chi connectivity index (χ3v) is 2.08. The maximum atomic E-state index is 11.2. The molecule has 90 valence electrons. The second-order valence-corrected chi connectivity index (χ2v) is 3.43. The summed E-state index contributed by atoms with van der Waals surface area (Å²) in [5, 5.41) is 2.65. The smallest absolute Gasteiger partial charge is 0.265 e. The van der Waals surface area contributed by atoms with Crippen molar-refractivity contribution in [2.24, 2.45) is 5.84 Å². The zero-order valence-electron chi connectivity index (χ0n) is 9.57. The minimum absolute atomic E-state index is 0.0652. The lowest BCUT2D eigenvalue weighted by atomic mass is 10.1. The lowest BCUT2D eigenvalue weighted by Crippen LogP contribution is -2.29. The van der Waals surface area contributed by atoms with Gasteiger partial charge in [0.15, 0.2) is 0 Å². The summed E-state index contributed by atoms with van der Waals surface area (Å²) in [6.45, 7) is 1.95. The molecule has 0 heterocycles. The topological polar surface area (TPSA) is 84.2 Å². The maximum Gasteiger partial charge on any atom is 0.265 e. The molecule has 5 heteroatoms. The summed E-state index contributed by atoms with van der Waals surface area (Å²) in [5.74, 6) is 4.63. The van der Waals surface area contributed by atoms with Gasteiger partial charge in [-0.2, -0.15) is 0 Å². The van der Waals surface area contributed by atoms with Crippen LogP contribution in [0.5, 0.6) is 0 Å². The number of nitrogen functional groups attached to an aromatic ring is 1. The molecule has 1 aromatic carbocycles. The number of hydrazine groups is 1. The predicted octanol–water partition coefficient (Wildman–Crippen LogP) is 0.439. The molecule has 0 aliphatic heterocycles. The van der Waals surface area contributed by atoms with Gasteiger partial charge in [-0.3, -0.25) is 15.0 Å². The molecule has 0 unspecified atom stereocenters. The Bertz CT molecular complexity index is 424. The fourth-order valence-electron chi connectivity index (χ4n) is 1.23. The molecule has 1 rings (SSSR count). The summed E-state index contributed by atoms with van der Waals surface area (Å²) in [7, 11) is 0. The molecule has 0 bridgehead atoms. The van der Waals surface area contributed by atoms with Crippen LogP contribution in [0.2, 0.25) is 0 Å². The van der Waals surface area contributed by atoms with Crippen LogP contribution in [0.25, 0.3) is 6.08 Å². The van der Waals surface area contributed by atoms with Gasteiger partial charge in [-0.05, 0) is 17.7 Å². The molecule has 5 nitrogen and oxygen atoms in total. The molecule has 0 atom stereocenters. The van der Waals surface area contributed by atoms with E-state index < -0.39 is 0 Å². The Labute approximate surface area is 99.7 Å². The lowest BCUT2D eigenvalue weighted by molar-refractivity contribution is -0.118. The minimum atomic E-state index is -0.321. The van der Waals surface area contributed by atoms with Gasteiger partial charge in [0.25, 0.3) is 5.91 Å². The van der Waals surface area contributed by atoms with Gasteiger partial charge < -0.3 is 5.32 Å². The molecular formula is C12H15N3O2. The van der Waals surface area contributed by atoms with Crippen LogP contribution in [0.15, 0.2) is 30.3 Å². The third kappa shape index (κ3) is 4.48. The molecule has 0 aliphatic carbocycles. The Kier molecular flexibility index (Phi) is 4.90. The number of benzene rings is 1. The van der Waals surface area contributed by atoms with E-state index in [9.17, 15) is 9.59 Å². The van der Waals surface area contributed by atoms with E-state index in [1.165, 1.54) is 6.92 Å². The highest BCUT2D eigenvalue weighted by atomic mass is 16.2. The lowest BCUT2D eigenvalue weighted by Gasteiger charge is -2.00. The monoisotopic (exact) mass is 233 g/mol. The van der Waals surface area contributed by atoms with Crippen LogP contribution >= 0.6 is 0 Å². The van der Waals surface area contributed by atoms with Gasteiger partial charge in [0, 0.05) is 19.0 Å². The fourth-order valence-corrected chi connectivity index (χ4v) is 1.23. The number of carbonyl (C=O) groups is 2. The highest BCUT2D eigenvalue weighted by Crippen LogP contribution is 2.05. The van der Waals surface area contributed by atoms with Gasteiger partial charge in [0.05, 0.1) is 0 Å². The first kappa shape index (κ1) is 12.9. The maximum absolute atomic E-state index is 11.2. The van der Waals surface area contributed by atoms with Crippen molar-refractivity contribution in [1.82, 2.24) is 10.7 Å². The third-order valence-electron chi connectivity index (χ3n) is 2.08. The van der Waals surface area contributed by atoms with Crippen molar-refractivity contribution >= 4 is 17.9 Å². The van der Waals surface area contributed by atoms with Crippen molar-refractivity contribution in [2.45, 2.75) is 6.92 Å². The van der Waals surface area contributed by atoms with E-state index in [1.807, 2.05) is 12.2 Å². The first-order valence-electron chi connectivity index (χ1n) is 5.15. The molecule has 0 spiro atoms. The zero-order chi connectivity index (χ0) is 12.7. The van der Waals surface area contributed by atoms with Crippen molar-refractivity contribution in [2.75, 3.05) is 6.54 Å². The molecule has 0 aliphatic rings. The molecule has 1 aromatic rings. The van der Waals surface area contributed by atoms with Gasteiger partial charge in [0.1, 0.15) is 0 Å². The van der Waals surface area contributed by atoms with Crippen molar-refractivity contribution in [1.29, 1.82) is 0 Å². The summed E-state index contributed by atoms with van der Waals surface area (Å²) in [4.78, 5) is 21.8. The van der Waals surface area contributed by atoms with Crippen LogP contribution in [0.3, 0.4) is 0 Å². The molecule has 4 N–H and O–H groups in total. The van der Waals surface area contributed by atoms with Crippen molar-refractivity contribution < 1.29 is 9.59 Å². The number of carbonyl (C=O) groups excluding carboxylic acids is 2. The standard InChI is InChI=1S/C12H15N3O2/c1-9(16)14-8-2-3-10-4-6-11(7-5-10)12(17)15-13/h2-7H,8,13H2,1H3,(H,14,16)(H,15,17). The van der Waals surface area contributed by atoms with E-state index in [1.54, 1.807) is 24.3 Å². The van der Waals surface area contributed by atoms with Crippen LogP contribution in [-0.2, 0) is 4.79 Å². The van der Waals surface area contributed by atoms with Crippen LogP contribution < -0.4 is 16.6 Å². The first-order chi connectivity index (χ1) is 8.13. The number of nitrogens with one attached hydrogen (secondary N) is 2. The zero-order valence-corrected chi connectivity index (χ0v) is 9.57. The van der Waals surface area contributed by atoms with Gasteiger partial charge in [0.2, 0.25) is 5.91 Å². The van der Waals surface area contributed by atoms with Gasteiger partial charge in [-0.1, -0.05) is 24.3 Å². The number of rotatable bonds is 4. The van der Waals surface area contributed by atoms with Crippen molar-refractivity contribution in [3.8, 4) is 0 Å². The molecular weight excluding hydrogens is 218 g/mol. The average molecular weight is 233 g/mol. The van der Waals surface area contributed by atoms with Gasteiger partial charge >= 0.3 is 0 Å². The van der Waals surface area contributed by atoms with Crippen molar-refractivity contribution in [3.63, 3.8) is 0 Å². The first-order valence-corrected chi connectivity index (χ1v) is 5.15. The largest absolute Gasteiger partial charge is 0.353 e. The molecule has 0 aromatic heterocycles. The normalized spacial score (nSPS) is 10.2. The molecule has 0 radical (unpaired) electrons. The highest BCUT2D eigenvalue weighted by molar-refractivity contribution is 5.93. The van der Waals surface area contributed by atoms with Crippen molar-refractivity contribution in [3.05, 3.63) is 41.5 Å². The summed E-state index contributed by atoms with van der Waals surface area (Å²) in [6, 6.07) is 6.96. The second-order valence-electron chi connectivity index (χ2n) is 3.43. The number of amides is 2. The van der Waals surface area contributed by atoms with Gasteiger partial charge in [-0.15, -0.1) is 0 Å². The van der Waals surface area contributed by atoms with Crippen LogP contribution in [0.4, 0.5) is 0 Å². The predicted molar refractivity (Wildman–Crippen MR) is 65.8 cm³/mol. The summed E-state index contributed by atoms with van der Waals surface area (Å²) in [6.07, 6.45) is 3.69. The van der Waals surface area contributed by atoms with Gasteiger partial charge in [-0.25, -0.2) is 5.84 Å². The summed E-state index contributed by atoms with van der Waals surface area (Å²) >= 11 is 0. The molecule has 2 amide bonds. The number of hydrogen-bond acceptors (Lipinski definition) is 3. The number of nitrogens with two attached hydrogens (primary N) is 1. The van der Waals surface area contributed by atoms with Crippen LogP contribution in [0.1, 0.15) is 22.8 Å². The van der Waals surface area contributed by atoms with E-state index in [0.717, 1.165) is 5.56 Å². The Balaban J connectivity index is 2.56. The summed E-state index contributed by atoms with van der Waals surface area (Å²) < 4.78 is 0. The SMILES string of the molecule is CC(=O)NCC=Cc1ccc(C(=O)NN)cc1. The summed E-state index contributed by atoms with van der Waals surface area (Å²) in [5.41, 5.74) is 3.52. The van der Waals surface area contributed by atoms with Crippen LogP contribution in [0, 0.1) is 0 Å². The van der Waals surface area contributed by atoms with Crippen LogP contribution in [-0.4, -0.2) is 18.4 Å². The average Bonchev–Trinajstić information content (AvgIpc) is 2.34.